The van der Waals surface area contributed by atoms with Gasteiger partial charge in [-0.1, -0.05) is 53.6 Å². The molecule has 176 valence electrons. The van der Waals surface area contributed by atoms with Crippen LogP contribution in [-0.4, -0.2) is 29.1 Å². The number of halogens is 1. The minimum Gasteiger partial charge on any atom is -0.496 e. The Balaban J connectivity index is 1.54. The smallest absolute Gasteiger partial charge is 0.214 e. The maximum atomic E-state index is 6.60. The molecule has 0 bridgehead atoms. The van der Waals surface area contributed by atoms with Gasteiger partial charge in [0.2, 0.25) is 4.77 Å². The van der Waals surface area contributed by atoms with E-state index in [2.05, 4.69) is 21.7 Å². The molecule has 3 aromatic carbocycles. The number of aryl methyl sites for hydroxylation is 1. The number of benzene rings is 3. The van der Waals surface area contributed by atoms with E-state index in [0.29, 0.717) is 46.0 Å². The first kappa shape index (κ1) is 23.7. The van der Waals surface area contributed by atoms with Crippen LogP contribution in [0.3, 0.4) is 0 Å². The van der Waals surface area contributed by atoms with Gasteiger partial charge in [-0.2, -0.15) is 5.10 Å². The van der Waals surface area contributed by atoms with E-state index in [-0.39, 0.29) is 0 Å². The number of rotatable bonds is 9. The number of methoxy groups -OCH3 is 2. The van der Waals surface area contributed by atoms with Crippen molar-refractivity contribution in [1.29, 1.82) is 0 Å². The first-order chi connectivity index (χ1) is 16.5. The summed E-state index contributed by atoms with van der Waals surface area (Å²) in [5, 5.41) is 7.73. The van der Waals surface area contributed by atoms with Crippen LogP contribution in [0.1, 0.15) is 16.7 Å². The van der Waals surface area contributed by atoms with Gasteiger partial charge in [0.25, 0.3) is 0 Å². The fraction of sp³-hybridized carbons (Fsp3) is 0.200. The highest BCUT2D eigenvalue weighted by atomic mass is 35.5. The van der Waals surface area contributed by atoms with Gasteiger partial charge < -0.3 is 19.6 Å². The zero-order valence-corrected chi connectivity index (χ0v) is 20.7. The van der Waals surface area contributed by atoms with Crippen LogP contribution in [0.4, 0.5) is 0 Å². The Kier molecular flexibility index (Phi) is 7.40. The lowest BCUT2D eigenvalue weighted by Crippen LogP contribution is -2.16. The molecule has 0 amide bonds. The number of aromatic amines is 1. The van der Waals surface area contributed by atoms with Crippen molar-refractivity contribution in [1.82, 2.24) is 14.9 Å². The number of ether oxygens (including phenoxy) is 3. The van der Waals surface area contributed by atoms with Gasteiger partial charge in [0.05, 0.1) is 26.3 Å². The van der Waals surface area contributed by atoms with E-state index in [0.717, 1.165) is 16.7 Å². The molecule has 0 spiro atoms. The van der Waals surface area contributed by atoms with E-state index in [4.69, 9.17) is 38.0 Å². The van der Waals surface area contributed by atoms with E-state index >= 15 is 0 Å². The molecule has 1 aromatic heterocycles. The van der Waals surface area contributed by atoms with Gasteiger partial charge >= 0.3 is 0 Å². The molecule has 0 saturated carbocycles. The molecule has 0 atom stereocenters. The first-order valence-electron chi connectivity index (χ1n) is 10.6. The van der Waals surface area contributed by atoms with Crippen molar-refractivity contribution < 1.29 is 14.2 Å². The molecule has 0 saturated heterocycles. The van der Waals surface area contributed by atoms with Crippen molar-refractivity contribution in [2.45, 2.75) is 20.1 Å². The number of hydrogen-bond donors (Lipinski definition) is 2. The van der Waals surface area contributed by atoms with Gasteiger partial charge in [0, 0.05) is 11.1 Å². The molecule has 34 heavy (non-hydrogen) atoms. The lowest BCUT2D eigenvalue weighted by atomic mass is 10.1. The molecule has 0 fully saturated rings. The molecule has 0 aliphatic rings. The lowest BCUT2D eigenvalue weighted by molar-refractivity contribution is 0.284. The summed E-state index contributed by atoms with van der Waals surface area (Å²) in [6.07, 6.45) is 0. The van der Waals surface area contributed by atoms with Crippen LogP contribution in [0.25, 0.3) is 11.4 Å². The third-order valence-electron chi connectivity index (χ3n) is 5.26. The Morgan fingerprint density at radius 3 is 2.56 bits per heavy atom. The number of H-pyrrole nitrogens is 1. The van der Waals surface area contributed by atoms with Gasteiger partial charge in [0.15, 0.2) is 17.3 Å². The first-order valence-corrected chi connectivity index (χ1v) is 11.4. The van der Waals surface area contributed by atoms with Crippen LogP contribution in [0, 0.1) is 11.7 Å². The highest BCUT2D eigenvalue weighted by Crippen LogP contribution is 2.34. The zero-order valence-electron chi connectivity index (χ0n) is 19.1. The van der Waals surface area contributed by atoms with Crippen LogP contribution in [0.2, 0.25) is 5.02 Å². The Bertz CT molecular complexity index is 1350. The van der Waals surface area contributed by atoms with E-state index in [9.17, 15) is 0 Å². The molecule has 2 N–H and O–H groups in total. The van der Waals surface area contributed by atoms with Crippen molar-refractivity contribution in [3.8, 4) is 28.6 Å². The molecule has 4 aromatic rings. The normalized spacial score (nSPS) is 10.7. The zero-order chi connectivity index (χ0) is 24.1. The second kappa shape index (κ2) is 10.6. The standard InChI is InChI=1S/C25H25ClN4O3S/c1-16-7-6-8-17(11-16)15-33-23-13-20(26)18(12-22(23)32-3)14-27-30-24(28-29-25(30)34)19-9-4-5-10-21(19)31-2/h4-13,27H,14-15H2,1-3H3,(H,29,34). The second-order valence-corrected chi connectivity index (χ2v) is 8.39. The molecular weight excluding hydrogens is 472 g/mol. The molecule has 7 nitrogen and oxygen atoms in total. The summed E-state index contributed by atoms with van der Waals surface area (Å²) in [5.74, 6) is 2.46. The van der Waals surface area contributed by atoms with Crippen LogP contribution in [0.5, 0.6) is 17.2 Å². The minimum atomic E-state index is 0.378. The van der Waals surface area contributed by atoms with Crippen LogP contribution >= 0.6 is 23.8 Å². The molecule has 0 aliphatic carbocycles. The molecule has 0 radical (unpaired) electrons. The maximum absolute atomic E-state index is 6.60. The fourth-order valence-electron chi connectivity index (χ4n) is 3.57. The van der Waals surface area contributed by atoms with Gasteiger partial charge in [-0.3, -0.25) is 0 Å². The van der Waals surface area contributed by atoms with E-state index in [1.165, 1.54) is 5.56 Å². The van der Waals surface area contributed by atoms with Gasteiger partial charge in [-0.25, -0.2) is 9.77 Å². The third kappa shape index (κ3) is 5.18. The molecule has 4 rings (SSSR count). The topological polar surface area (TPSA) is 73.3 Å². The minimum absolute atomic E-state index is 0.378. The van der Waals surface area contributed by atoms with Gasteiger partial charge in [-0.05, 0) is 48.5 Å². The largest absolute Gasteiger partial charge is 0.496 e. The summed E-state index contributed by atoms with van der Waals surface area (Å²) in [6.45, 7) is 2.84. The summed E-state index contributed by atoms with van der Waals surface area (Å²) in [4.78, 5) is 0. The Hall–Kier alpha value is -3.49. The summed E-state index contributed by atoms with van der Waals surface area (Å²) in [6, 6.07) is 19.4. The van der Waals surface area contributed by atoms with Crippen LogP contribution in [0.15, 0.2) is 60.7 Å². The number of para-hydroxylation sites is 1. The Labute approximate surface area is 208 Å². The summed E-state index contributed by atoms with van der Waals surface area (Å²) in [5.41, 5.74) is 7.15. The molecular formula is C25H25ClN4O3S. The highest BCUT2D eigenvalue weighted by molar-refractivity contribution is 7.71. The average Bonchev–Trinajstić information content (AvgIpc) is 3.22. The van der Waals surface area contributed by atoms with Gasteiger partial charge in [0.1, 0.15) is 12.4 Å². The van der Waals surface area contributed by atoms with Crippen molar-refractivity contribution in [2.75, 3.05) is 19.6 Å². The van der Waals surface area contributed by atoms with Crippen LogP contribution in [-0.2, 0) is 13.2 Å². The molecule has 9 heteroatoms. The Morgan fingerprint density at radius 1 is 1.00 bits per heavy atom. The lowest BCUT2D eigenvalue weighted by Gasteiger charge is -2.16. The number of aromatic nitrogens is 3. The van der Waals surface area contributed by atoms with Crippen LogP contribution < -0.4 is 19.6 Å². The maximum Gasteiger partial charge on any atom is 0.214 e. The quantitative estimate of drug-likeness (QED) is 0.281. The summed E-state index contributed by atoms with van der Waals surface area (Å²) >= 11 is 12.0. The summed E-state index contributed by atoms with van der Waals surface area (Å²) < 4.78 is 19.1. The number of nitrogens with zero attached hydrogens (tertiary/aromatic N) is 2. The van der Waals surface area contributed by atoms with Crippen molar-refractivity contribution >= 4 is 23.8 Å². The van der Waals surface area contributed by atoms with Crippen molar-refractivity contribution in [3.63, 3.8) is 0 Å². The van der Waals surface area contributed by atoms with Crippen molar-refractivity contribution in [2.24, 2.45) is 0 Å². The monoisotopic (exact) mass is 496 g/mol. The third-order valence-corrected chi connectivity index (χ3v) is 5.88. The SMILES string of the molecule is COc1cc(CNn2c(-c3ccccc3OC)n[nH]c2=S)c(Cl)cc1OCc1cccc(C)c1. The Morgan fingerprint density at radius 2 is 1.79 bits per heavy atom. The predicted molar refractivity (Wildman–Crippen MR) is 136 cm³/mol. The second-order valence-electron chi connectivity index (χ2n) is 7.60. The molecule has 0 aliphatic heterocycles. The molecule has 0 unspecified atom stereocenters. The number of hydrogen-bond acceptors (Lipinski definition) is 6. The fourth-order valence-corrected chi connectivity index (χ4v) is 3.98. The summed E-state index contributed by atoms with van der Waals surface area (Å²) in [7, 11) is 3.22. The molecule has 1 heterocycles. The van der Waals surface area contributed by atoms with E-state index in [1.54, 1.807) is 25.0 Å². The highest BCUT2D eigenvalue weighted by Gasteiger charge is 2.15. The van der Waals surface area contributed by atoms with Gasteiger partial charge in [-0.15, -0.1) is 0 Å². The van der Waals surface area contributed by atoms with Crippen molar-refractivity contribution in [3.05, 3.63) is 87.1 Å². The van der Waals surface area contributed by atoms with E-state index in [1.807, 2.05) is 55.5 Å². The average molecular weight is 497 g/mol. The number of nitrogens with one attached hydrogen (secondary N) is 2. The predicted octanol–water partition coefficient (Wildman–Crippen LogP) is 5.91. The van der Waals surface area contributed by atoms with E-state index < -0.39 is 0 Å².